The Morgan fingerprint density at radius 1 is 1.52 bits per heavy atom. The number of thiazole rings is 1. The number of amides is 1. The van der Waals surface area contributed by atoms with Crippen molar-refractivity contribution in [2.24, 2.45) is 5.92 Å². The van der Waals surface area contributed by atoms with Crippen LogP contribution in [0.3, 0.4) is 0 Å². The fraction of sp³-hybridized carbons (Fsp3) is 0.467. The van der Waals surface area contributed by atoms with Gasteiger partial charge < -0.3 is 5.32 Å². The first-order valence-corrected chi connectivity index (χ1v) is 8.98. The average Bonchev–Trinajstić information content (AvgIpc) is 3.08. The second kappa shape index (κ2) is 6.68. The molecule has 1 amide bonds. The highest BCUT2D eigenvalue weighted by molar-refractivity contribution is 7.16. The van der Waals surface area contributed by atoms with Crippen LogP contribution in [0, 0.1) is 5.92 Å². The lowest BCUT2D eigenvalue weighted by Gasteiger charge is -2.29. The lowest BCUT2D eigenvalue weighted by molar-refractivity contribution is -0.117. The van der Waals surface area contributed by atoms with E-state index in [1.807, 2.05) is 22.9 Å². The van der Waals surface area contributed by atoms with Crippen molar-refractivity contribution < 1.29 is 4.79 Å². The molecule has 21 heavy (non-hydrogen) atoms. The molecule has 3 rings (SSSR count). The van der Waals surface area contributed by atoms with Crippen LogP contribution in [0.1, 0.15) is 19.8 Å². The van der Waals surface area contributed by atoms with Gasteiger partial charge in [0.15, 0.2) is 5.13 Å². The molecule has 0 spiro atoms. The van der Waals surface area contributed by atoms with Crippen molar-refractivity contribution in [3.8, 4) is 10.6 Å². The fourth-order valence-electron chi connectivity index (χ4n) is 2.66. The summed E-state index contributed by atoms with van der Waals surface area (Å²) in [7, 11) is 0. The van der Waals surface area contributed by atoms with Gasteiger partial charge in [-0.15, -0.1) is 22.7 Å². The van der Waals surface area contributed by atoms with Gasteiger partial charge in [0.1, 0.15) is 0 Å². The van der Waals surface area contributed by atoms with E-state index in [1.54, 1.807) is 11.3 Å². The van der Waals surface area contributed by atoms with Crippen molar-refractivity contribution in [2.45, 2.75) is 19.8 Å². The molecule has 1 fully saturated rings. The molecule has 0 saturated carbocycles. The summed E-state index contributed by atoms with van der Waals surface area (Å²) >= 11 is 3.14. The van der Waals surface area contributed by atoms with Gasteiger partial charge in [-0.2, -0.15) is 0 Å². The maximum absolute atomic E-state index is 12.1. The highest BCUT2D eigenvalue weighted by Gasteiger charge is 2.19. The van der Waals surface area contributed by atoms with E-state index in [1.165, 1.54) is 24.2 Å². The number of nitrogens with one attached hydrogen (secondary N) is 1. The number of aromatic nitrogens is 1. The number of carbonyl (C=O) groups excluding carboxylic acids is 1. The minimum atomic E-state index is 0.0381. The average molecular weight is 321 g/mol. The van der Waals surface area contributed by atoms with Crippen molar-refractivity contribution in [2.75, 3.05) is 25.0 Å². The van der Waals surface area contributed by atoms with Crippen LogP contribution in [0.15, 0.2) is 22.9 Å². The van der Waals surface area contributed by atoms with Gasteiger partial charge >= 0.3 is 0 Å². The second-order valence-electron chi connectivity index (χ2n) is 5.55. The third-order valence-electron chi connectivity index (χ3n) is 3.63. The van der Waals surface area contributed by atoms with E-state index in [-0.39, 0.29) is 5.91 Å². The molecule has 1 N–H and O–H groups in total. The minimum Gasteiger partial charge on any atom is -0.301 e. The van der Waals surface area contributed by atoms with Crippen LogP contribution in [-0.4, -0.2) is 35.4 Å². The van der Waals surface area contributed by atoms with Crippen LogP contribution in [0.2, 0.25) is 0 Å². The number of rotatable bonds is 4. The van der Waals surface area contributed by atoms with Crippen molar-refractivity contribution in [1.82, 2.24) is 9.88 Å². The van der Waals surface area contributed by atoms with Crippen LogP contribution in [0.5, 0.6) is 0 Å². The Kier molecular flexibility index (Phi) is 4.67. The van der Waals surface area contributed by atoms with E-state index in [9.17, 15) is 4.79 Å². The zero-order valence-electron chi connectivity index (χ0n) is 12.0. The molecule has 0 bridgehead atoms. The molecule has 4 nitrogen and oxygen atoms in total. The maximum Gasteiger partial charge on any atom is 0.240 e. The standard InChI is InChI=1S/C15H19N3OS2/c1-11-4-2-6-18(8-11)9-14(19)17-15-16-12(10-21-15)13-5-3-7-20-13/h3,5,7,10-11H,2,4,6,8-9H2,1H3,(H,16,17,19). The van der Waals surface area contributed by atoms with Crippen molar-refractivity contribution >= 4 is 33.7 Å². The number of carbonyl (C=O) groups is 1. The summed E-state index contributed by atoms with van der Waals surface area (Å²) in [4.78, 5) is 19.9. The molecule has 1 saturated heterocycles. The van der Waals surface area contributed by atoms with E-state index in [2.05, 4.69) is 22.1 Å². The second-order valence-corrected chi connectivity index (χ2v) is 7.35. The molecule has 1 unspecified atom stereocenters. The summed E-state index contributed by atoms with van der Waals surface area (Å²) in [6.45, 7) is 4.76. The topological polar surface area (TPSA) is 45.2 Å². The monoisotopic (exact) mass is 321 g/mol. The Morgan fingerprint density at radius 3 is 3.19 bits per heavy atom. The Bertz CT molecular complexity index is 594. The highest BCUT2D eigenvalue weighted by atomic mass is 32.1. The quantitative estimate of drug-likeness (QED) is 0.937. The molecule has 1 aliphatic rings. The first-order valence-electron chi connectivity index (χ1n) is 7.22. The first-order chi connectivity index (χ1) is 10.2. The summed E-state index contributed by atoms with van der Waals surface area (Å²) in [6, 6.07) is 4.05. The maximum atomic E-state index is 12.1. The zero-order chi connectivity index (χ0) is 14.7. The van der Waals surface area contributed by atoms with Gasteiger partial charge in [0.25, 0.3) is 0 Å². The molecule has 1 atom stereocenters. The van der Waals surface area contributed by atoms with E-state index in [0.717, 1.165) is 23.7 Å². The molecule has 3 heterocycles. The smallest absolute Gasteiger partial charge is 0.240 e. The lowest BCUT2D eigenvalue weighted by Crippen LogP contribution is -2.39. The molecule has 1 aliphatic heterocycles. The largest absolute Gasteiger partial charge is 0.301 e. The minimum absolute atomic E-state index is 0.0381. The number of piperidine rings is 1. The molecule has 6 heteroatoms. The molecular weight excluding hydrogens is 302 g/mol. The van der Waals surface area contributed by atoms with Crippen molar-refractivity contribution in [3.05, 3.63) is 22.9 Å². The Labute approximate surface area is 132 Å². The number of anilines is 1. The Balaban J connectivity index is 1.55. The van der Waals surface area contributed by atoms with Crippen LogP contribution < -0.4 is 5.32 Å². The van der Waals surface area contributed by atoms with E-state index >= 15 is 0 Å². The molecule has 2 aromatic heterocycles. The predicted octanol–water partition coefficient (Wildman–Crippen LogP) is 3.54. The molecule has 0 aromatic carbocycles. The van der Waals surface area contributed by atoms with Crippen LogP contribution in [0.4, 0.5) is 5.13 Å². The van der Waals surface area contributed by atoms with Crippen LogP contribution in [0.25, 0.3) is 10.6 Å². The third kappa shape index (κ3) is 3.90. The Morgan fingerprint density at radius 2 is 2.43 bits per heavy atom. The number of thiophene rings is 1. The van der Waals surface area contributed by atoms with Gasteiger partial charge in [0.2, 0.25) is 5.91 Å². The lowest BCUT2D eigenvalue weighted by atomic mass is 10.0. The summed E-state index contributed by atoms with van der Waals surface area (Å²) in [5.74, 6) is 0.730. The third-order valence-corrected chi connectivity index (χ3v) is 5.28. The van der Waals surface area contributed by atoms with Gasteiger partial charge in [0.05, 0.1) is 17.1 Å². The number of hydrogen-bond acceptors (Lipinski definition) is 5. The van der Waals surface area contributed by atoms with E-state index < -0.39 is 0 Å². The van der Waals surface area contributed by atoms with Crippen molar-refractivity contribution in [3.63, 3.8) is 0 Å². The van der Waals surface area contributed by atoms with Crippen LogP contribution in [-0.2, 0) is 4.79 Å². The molecule has 0 aliphatic carbocycles. The first kappa shape index (κ1) is 14.7. The van der Waals surface area contributed by atoms with Gasteiger partial charge in [-0.1, -0.05) is 13.0 Å². The summed E-state index contributed by atoms with van der Waals surface area (Å²) in [5, 5.41) is 7.63. The summed E-state index contributed by atoms with van der Waals surface area (Å²) in [6.07, 6.45) is 2.46. The van der Waals surface area contributed by atoms with Gasteiger partial charge in [-0.05, 0) is 36.8 Å². The van der Waals surface area contributed by atoms with Gasteiger partial charge in [-0.3, -0.25) is 9.69 Å². The van der Waals surface area contributed by atoms with Crippen molar-refractivity contribution in [1.29, 1.82) is 0 Å². The SMILES string of the molecule is CC1CCCN(CC(=O)Nc2nc(-c3cccs3)cs2)C1. The van der Waals surface area contributed by atoms with Gasteiger partial charge in [-0.25, -0.2) is 4.98 Å². The highest BCUT2D eigenvalue weighted by Crippen LogP contribution is 2.28. The van der Waals surface area contributed by atoms with Crippen LogP contribution >= 0.6 is 22.7 Å². The number of hydrogen-bond donors (Lipinski definition) is 1. The zero-order valence-corrected chi connectivity index (χ0v) is 13.7. The number of likely N-dealkylation sites (tertiary alicyclic amines) is 1. The molecule has 112 valence electrons. The normalized spacial score (nSPS) is 19.6. The van der Waals surface area contributed by atoms with E-state index in [4.69, 9.17) is 0 Å². The summed E-state index contributed by atoms with van der Waals surface area (Å²) < 4.78 is 0. The Hall–Kier alpha value is -1.24. The van der Waals surface area contributed by atoms with E-state index in [0.29, 0.717) is 17.6 Å². The fourth-order valence-corrected chi connectivity index (χ4v) is 4.15. The van der Waals surface area contributed by atoms with Gasteiger partial charge in [0, 0.05) is 11.9 Å². The number of nitrogens with zero attached hydrogens (tertiary/aromatic N) is 2. The molecular formula is C15H19N3OS2. The summed E-state index contributed by atoms with van der Waals surface area (Å²) in [5.41, 5.74) is 0.942. The molecule has 2 aromatic rings. The predicted molar refractivity (Wildman–Crippen MR) is 88.9 cm³/mol. The molecule has 0 radical (unpaired) electrons.